The van der Waals surface area contributed by atoms with Crippen molar-refractivity contribution in [3.05, 3.63) is 124 Å². The molecule has 2 unspecified atom stereocenters. The summed E-state index contributed by atoms with van der Waals surface area (Å²) >= 11 is 0. The van der Waals surface area contributed by atoms with Crippen LogP contribution in [-0.2, 0) is 22.6 Å². The van der Waals surface area contributed by atoms with Crippen molar-refractivity contribution in [1.82, 2.24) is 0 Å². The van der Waals surface area contributed by atoms with E-state index < -0.39 is 0 Å². The predicted octanol–water partition coefficient (Wildman–Crippen LogP) is 10.9. The van der Waals surface area contributed by atoms with E-state index in [2.05, 4.69) is 142 Å². The van der Waals surface area contributed by atoms with Gasteiger partial charge in [0.15, 0.2) is 0 Å². The van der Waals surface area contributed by atoms with Crippen molar-refractivity contribution in [3.8, 4) is 5.75 Å². The fraction of sp³-hybridized carbons (Fsp3) is 0.375. The van der Waals surface area contributed by atoms with Gasteiger partial charge >= 0.3 is 0 Å². The summed E-state index contributed by atoms with van der Waals surface area (Å²) in [4.78, 5) is 5.03. The third-order valence-electron chi connectivity index (χ3n) is 8.41. The van der Waals surface area contributed by atoms with Crippen LogP contribution in [0.1, 0.15) is 102 Å². The zero-order valence-corrected chi connectivity index (χ0v) is 28.9. The molecule has 43 heavy (non-hydrogen) atoms. The predicted molar refractivity (Wildman–Crippen MR) is 190 cm³/mol. The fourth-order valence-electron chi connectivity index (χ4n) is 5.43. The standard InChI is InChI=1S/C40H50NOP/c1-11-40(10,43-37-28(2)19-18-24-33(37)29(3)41-32-22-16-13-17-23-32)35-26-31(38(4,5)6)25-34(39(7,8)9)36(35)42-27-30-20-14-12-15-21-30/h12-26,43H,11,27H2,1-10H3. The first kappa shape index (κ1) is 32.7. The quantitative estimate of drug-likeness (QED) is 0.140. The lowest BCUT2D eigenvalue weighted by atomic mass is 9.77. The monoisotopic (exact) mass is 591 g/mol. The number of para-hydroxylation sites is 1. The van der Waals surface area contributed by atoms with Crippen molar-refractivity contribution in [3.63, 3.8) is 0 Å². The van der Waals surface area contributed by atoms with Crippen molar-refractivity contribution in [2.45, 2.75) is 98.3 Å². The Bertz CT molecular complexity index is 1560. The minimum atomic E-state index is -0.138. The first-order valence-electron chi connectivity index (χ1n) is 15.6. The molecular weight excluding hydrogens is 541 g/mol. The van der Waals surface area contributed by atoms with E-state index in [-0.39, 0.29) is 16.0 Å². The molecular formula is C40H50NOP. The zero-order chi connectivity index (χ0) is 31.4. The summed E-state index contributed by atoms with van der Waals surface area (Å²) in [7, 11) is 0.543. The first-order valence-corrected chi connectivity index (χ1v) is 16.6. The molecule has 0 aliphatic carbocycles. The lowest BCUT2D eigenvalue weighted by Gasteiger charge is -2.37. The third-order valence-corrected chi connectivity index (χ3v) is 10.5. The second-order valence-corrected chi connectivity index (χ2v) is 15.9. The second kappa shape index (κ2) is 13.2. The first-order chi connectivity index (χ1) is 20.2. The maximum Gasteiger partial charge on any atom is 0.127 e. The molecule has 226 valence electrons. The Morgan fingerprint density at radius 3 is 1.93 bits per heavy atom. The van der Waals surface area contributed by atoms with Crippen LogP contribution in [0.3, 0.4) is 0 Å². The highest BCUT2D eigenvalue weighted by Gasteiger charge is 2.35. The maximum absolute atomic E-state index is 6.90. The van der Waals surface area contributed by atoms with Crippen molar-refractivity contribution in [1.29, 1.82) is 0 Å². The third kappa shape index (κ3) is 7.84. The number of nitrogens with zero attached hydrogens (tertiary/aromatic N) is 1. The summed E-state index contributed by atoms with van der Waals surface area (Å²) in [6.45, 7) is 23.6. The number of aryl methyl sites for hydroxylation is 1. The van der Waals surface area contributed by atoms with Gasteiger partial charge < -0.3 is 4.74 Å². The van der Waals surface area contributed by atoms with Crippen LogP contribution < -0.4 is 10.0 Å². The molecule has 0 saturated heterocycles. The summed E-state index contributed by atoms with van der Waals surface area (Å²) in [6, 6.07) is 32.3. The molecule has 0 amide bonds. The summed E-state index contributed by atoms with van der Waals surface area (Å²) < 4.78 is 6.90. The fourth-order valence-corrected chi connectivity index (χ4v) is 7.16. The highest BCUT2D eigenvalue weighted by atomic mass is 31.1. The molecule has 2 nitrogen and oxygen atoms in total. The Morgan fingerprint density at radius 1 is 0.744 bits per heavy atom. The normalized spacial score (nSPS) is 14.2. The Balaban J connectivity index is 1.90. The van der Waals surface area contributed by atoms with E-state index >= 15 is 0 Å². The average molecular weight is 592 g/mol. The lowest BCUT2D eigenvalue weighted by Crippen LogP contribution is -2.26. The van der Waals surface area contributed by atoms with E-state index in [0.717, 1.165) is 23.6 Å². The largest absolute Gasteiger partial charge is 0.488 e. The molecule has 4 rings (SSSR count). The van der Waals surface area contributed by atoms with Gasteiger partial charge in [-0.3, -0.25) is 4.99 Å². The van der Waals surface area contributed by atoms with Crippen LogP contribution in [-0.4, -0.2) is 5.71 Å². The molecule has 0 radical (unpaired) electrons. The minimum Gasteiger partial charge on any atom is -0.488 e. The van der Waals surface area contributed by atoms with Crippen LogP contribution in [0, 0.1) is 6.92 Å². The molecule has 0 N–H and O–H groups in total. The van der Waals surface area contributed by atoms with Gasteiger partial charge in [0.1, 0.15) is 12.4 Å². The molecule has 0 aliphatic heterocycles. The Hall–Kier alpha value is -3.22. The van der Waals surface area contributed by atoms with Crippen LogP contribution in [0.2, 0.25) is 0 Å². The van der Waals surface area contributed by atoms with Crippen LogP contribution in [0.15, 0.2) is 96.0 Å². The highest BCUT2D eigenvalue weighted by Crippen LogP contribution is 2.52. The van der Waals surface area contributed by atoms with E-state index in [9.17, 15) is 0 Å². The summed E-state index contributed by atoms with van der Waals surface area (Å²) in [5, 5.41) is 1.25. The van der Waals surface area contributed by atoms with Gasteiger partial charge in [0, 0.05) is 27.6 Å². The Kier molecular flexibility index (Phi) is 10.0. The van der Waals surface area contributed by atoms with Gasteiger partial charge in [0.2, 0.25) is 0 Å². The summed E-state index contributed by atoms with van der Waals surface area (Å²) in [5.74, 6) is 1.05. The van der Waals surface area contributed by atoms with Crippen molar-refractivity contribution >= 4 is 25.3 Å². The molecule has 4 aromatic rings. The molecule has 0 spiro atoms. The number of aliphatic imine (C=N–C) groups is 1. The highest BCUT2D eigenvalue weighted by molar-refractivity contribution is 7.49. The minimum absolute atomic E-state index is 0.0111. The van der Waals surface area contributed by atoms with E-state index in [0.29, 0.717) is 15.2 Å². The van der Waals surface area contributed by atoms with Gasteiger partial charge in [-0.25, -0.2) is 0 Å². The number of hydrogen-bond acceptors (Lipinski definition) is 2. The van der Waals surface area contributed by atoms with Gasteiger partial charge in [-0.15, -0.1) is 0 Å². The van der Waals surface area contributed by atoms with Crippen LogP contribution in [0.25, 0.3) is 0 Å². The smallest absolute Gasteiger partial charge is 0.127 e. The summed E-state index contributed by atoms with van der Waals surface area (Å²) in [5.41, 5.74) is 9.65. The molecule has 0 saturated carbocycles. The molecule has 0 aromatic heterocycles. The van der Waals surface area contributed by atoms with Gasteiger partial charge in [0.05, 0.1) is 5.69 Å². The Labute approximate surface area is 262 Å². The van der Waals surface area contributed by atoms with Gasteiger partial charge in [0.25, 0.3) is 0 Å². The Morgan fingerprint density at radius 2 is 1.35 bits per heavy atom. The number of benzene rings is 4. The van der Waals surface area contributed by atoms with E-state index in [1.54, 1.807) is 0 Å². The van der Waals surface area contributed by atoms with E-state index in [1.807, 2.05) is 18.2 Å². The van der Waals surface area contributed by atoms with Gasteiger partial charge in [-0.1, -0.05) is 143 Å². The summed E-state index contributed by atoms with van der Waals surface area (Å²) in [6.07, 6.45) is 0.993. The van der Waals surface area contributed by atoms with Gasteiger partial charge in [-0.2, -0.15) is 0 Å². The molecule has 0 fully saturated rings. The topological polar surface area (TPSA) is 21.6 Å². The second-order valence-electron chi connectivity index (χ2n) is 14.0. The average Bonchev–Trinajstić information content (AvgIpc) is 2.96. The number of rotatable bonds is 9. The van der Waals surface area contributed by atoms with Crippen molar-refractivity contribution in [2.75, 3.05) is 0 Å². The van der Waals surface area contributed by atoms with Gasteiger partial charge in [-0.05, 0) is 65.2 Å². The molecule has 0 bridgehead atoms. The van der Waals surface area contributed by atoms with Crippen LogP contribution in [0.5, 0.6) is 5.75 Å². The molecule has 3 heteroatoms. The van der Waals surface area contributed by atoms with E-state index in [4.69, 9.17) is 9.73 Å². The zero-order valence-electron chi connectivity index (χ0n) is 27.9. The SMILES string of the molecule is CCC(C)(Pc1c(C)cccc1C(C)=Nc1ccccc1)c1cc(C(C)(C)C)cc(C(C)(C)C)c1OCc1ccccc1. The molecule has 2 atom stereocenters. The lowest BCUT2D eigenvalue weighted by molar-refractivity contribution is 0.290. The molecule has 0 heterocycles. The van der Waals surface area contributed by atoms with E-state index in [1.165, 1.54) is 38.7 Å². The number of ether oxygens (including phenoxy) is 1. The van der Waals surface area contributed by atoms with Crippen molar-refractivity contribution in [2.24, 2.45) is 4.99 Å². The van der Waals surface area contributed by atoms with Crippen molar-refractivity contribution < 1.29 is 4.74 Å². The van der Waals surface area contributed by atoms with Crippen LogP contribution >= 0.6 is 8.58 Å². The number of hydrogen-bond donors (Lipinski definition) is 0. The molecule has 0 aliphatic rings. The molecule has 4 aromatic carbocycles. The maximum atomic E-state index is 6.90. The van der Waals surface area contributed by atoms with Crippen LogP contribution in [0.4, 0.5) is 5.69 Å².